The van der Waals surface area contributed by atoms with E-state index in [9.17, 15) is 0 Å². The Morgan fingerprint density at radius 1 is 1.44 bits per heavy atom. The Labute approximate surface area is 104 Å². The summed E-state index contributed by atoms with van der Waals surface area (Å²) in [6.45, 7) is 0. The van der Waals surface area contributed by atoms with Crippen molar-refractivity contribution in [3.8, 4) is 0 Å². The van der Waals surface area contributed by atoms with E-state index in [0.717, 1.165) is 31.1 Å². The molecule has 0 atom stereocenters. The summed E-state index contributed by atoms with van der Waals surface area (Å²) in [6.07, 6.45) is 1.79. The fraction of sp³-hybridized carbons (Fsp3) is 0.222. The molecule has 0 aromatic carbocycles. The van der Waals surface area contributed by atoms with Crippen LogP contribution in [-0.4, -0.2) is 26.6 Å². The summed E-state index contributed by atoms with van der Waals surface area (Å²) >= 11 is 4.96. The van der Waals surface area contributed by atoms with E-state index in [1.165, 1.54) is 0 Å². The molecule has 0 amide bonds. The molecule has 0 fully saturated rings. The van der Waals surface area contributed by atoms with Crippen molar-refractivity contribution in [1.82, 2.24) is 19.5 Å². The maximum Gasteiger partial charge on any atom is 0.176 e. The minimum Gasteiger partial charge on any atom is -0.371 e. The van der Waals surface area contributed by atoms with Gasteiger partial charge in [0, 0.05) is 14.1 Å². The number of anilines is 1. The normalized spacial score (nSPS) is 11.4. The molecule has 0 saturated carbocycles. The van der Waals surface area contributed by atoms with E-state index >= 15 is 0 Å². The summed E-state index contributed by atoms with van der Waals surface area (Å²) < 4.78 is 3.89. The highest BCUT2D eigenvalue weighted by Crippen LogP contribution is 2.33. The van der Waals surface area contributed by atoms with Gasteiger partial charge in [0.1, 0.15) is 10.2 Å². The molecule has 0 radical (unpaired) electrons. The quantitative estimate of drug-likeness (QED) is 0.749. The molecule has 0 spiro atoms. The molecule has 0 aliphatic rings. The van der Waals surface area contributed by atoms with Crippen LogP contribution >= 0.6 is 27.3 Å². The summed E-state index contributed by atoms with van der Waals surface area (Å²) in [4.78, 5) is 13.1. The Morgan fingerprint density at radius 2 is 2.25 bits per heavy atom. The van der Waals surface area contributed by atoms with Crippen LogP contribution in [0.3, 0.4) is 0 Å². The van der Waals surface area contributed by atoms with E-state index in [-0.39, 0.29) is 0 Å². The van der Waals surface area contributed by atoms with Crippen LogP contribution in [-0.2, 0) is 7.05 Å². The highest BCUT2D eigenvalue weighted by atomic mass is 79.9. The second-order valence-corrected chi connectivity index (χ2v) is 5.66. The molecule has 3 aromatic heterocycles. The third-order valence-corrected chi connectivity index (χ3v) is 3.92. The van der Waals surface area contributed by atoms with Crippen molar-refractivity contribution >= 4 is 54.5 Å². The van der Waals surface area contributed by atoms with Crippen molar-refractivity contribution in [2.24, 2.45) is 7.05 Å². The number of aromatic nitrogens is 4. The molecular formula is C9H8BrN5S. The van der Waals surface area contributed by atoms with E-state index in [1.807, 2.05) is 18.7 Å². The van der Waals surface area contributed by atoms with E-state index < -0.39 is 0 Å². The molecule has 16 heavy (non-hydrogen) atoms. The van der Waals surface area contributed by atoms with Crippen molar-refractivity contribution in [1.29, 1.82) is 0 Å². The number of fused-ring (bicyclic) bond motifs is 3. The number of thiazole rings is 1. The zero-order valence-electron chi connectivity index (χ0n) is 8.65. The van der Waals surface area contributed by atoms with Gasteiger partial charge in [0.2, 0.25) is 0 Å². The lowest BCUT2D eigenvalue weighted by Gasteiger charge is -2.01. The van der Waals surface area contributed by atoms with Crippen molar-refractivity contribution in [2.75, 3.05) is 12.4 Å². The van der Waals surface area contributed by atoms with Gasteiger partial charge >= 0.3 is 0 Å². The molecule has 82 valence electrons. The van der Waals surface area contributed by atoms with Gasteiger partial charge in [-0.2, -0.15) is 0 Å². The van der Waals surface area contributed by atoms with E-state index in [0.29, 0.717) is 0 Å². The van der Waals surface area contributed by atoms with Crippen LogP contribution in [0.25, 0.3) is 21.4 Å². The average molecular weight is 298 g/mol. The van der Waals surface area contributed by atoms with Crippen LogP contribution in [0.1, 0.15) is 0 Å². The van der Waals surface area contributed by atoms with Gasteiger partial charge in [-0.1, -0.05) is 0 Å². The summed E-state index contributed by atoms with van der Waals surface area (Å²) in [6, 6.07) is 0. The van der Waals surface area contributed by atoms with Crippen LogP contribution in [0.15, 0.2) is 10.2 Å². The molecule has 5 nitrogen and oxygen atoms in total. The Kier molecular flexibility index (Phi) is 2.11. The number of hydrogen-bond acceptors (Lipinski definition) is 5. The van der Waals surface area contributed by atoms with Gasteiger partial charge in [0.15, 0.2) is 15.4 Å². The topological polar surface area (TPSA) is 55.6 Å². The summed E-state index contributed by atoms with van der Waals surface area (Å²) in [5, 5.41) is 3.05. The fourth-order valence-electron chi connectivity index (χ4n) is 1.72. The van der Waals surface area contributed by atoms with Crippen LogP contribution in [0.2, 0.25) is 0 Å². The zero-order chi connectivity index (χ0) is 11.3. The van der Waals surface area contributed by atoms with E-state index in [2.05, 4.69) is 36.2 Å². The fourth-order valence-corrected chi connectivity index (χ4v) is 3.20. The van der Waals surface area contributed by atoms with Gasteiger partial charge in [-0.25, -0.2) is 15.0 Å². The van der Waals surface area contributed by atoms with E-state index in [1.54, 1.807) is 17.7 Å². The SMILES string of the molecule is CNc1nc2nc(Br)sc2c2c1ncn2C. The summed E-state index contributed by atoms with van der Waals surface area (Å²) in [5.74, 6) is 0.765. The summed E-state index contributed by atoms with van der Waals surface area (Å²) in [5.41, 5.74) is 2.70. The zero-order valence-corrected chi connectivity index (χ0v) is 11.1. The Morgan fingerprint density at radius 3 is 3.00 bits per heavy atom. The number of rotatable bonds is 1. The largest absolute Gasteiger partial charge is 0.371 e. The minimum atomic E-state index is 0.748. The predicted octanol–water partition coefficient (Wildman–Crippen LogP) is 2.38. The second kappa shape index (κ2) is 3.39. The van der Waals surface area contributed by atoms with Gasteiger partial charge in [-0.3, -0.25) is 0 Å². The molecule has 0 bridgehead atoms. The molecule has 3 aromatic rings. The first kappa shape index (κ1) is 9.98. The van der Waals surface area contributed by atoms with Crippen molar-refractivity contribution in [3.05, 3.63) is 10.2 Å². The lowest BCUT2D eigenvalue weighted by atomic mass is 10.3. The Bertz CT molecular complexity index is 686. The van der Waals surface area contributed by atoms with Gasteiger partial charge in [-0.15, -0.1) is 11.3 Å². The highest BCUT2D eigenvalue weighted by molar-refractivity contribution is 9.11. The smallest absolute Gasteiger partial charge is 0.176 e. The molecule has 7 heteroatoms. The maximum atomic E-state index is 4.44. The van der Waals surface area contributed by atoms with Crippen LogP contribution < -0.4 is 5.32 Å². The van der Waals surface area contributed by atoms with Gasteiger partial charge in [0.25, 0.3) is 0 Å². The lowest BCUT2D eigenvalue weighted by Crippen LogP contribution is -1.95. The molecule has 0 saturated heterocycles. The van der Waals surface area contributed by atoms with Crippen LogP contribution in [0.4, 0.5) is 5.82 Å². The second-order valence-electron chi connectivity index (χ2n) is 3.38. The standard InChI is InChI=1S/C9H8BrN5S/c1-11-7-4-5(15(2)3-12-4)6-8(13-7)14-9(10)16-6/h3H,1-2H3,(H,11,13). The summed E-state index contributed by atoms with van der Waals surface area (Å²) in [7, 11) is 3.81. The number of nitrogens with one attached hydrogen (secondary N) is 1. The number of pyridine rings is 1. The van der Waals surface area contributed by atoms with Crippen molar-refractivity contribution in [2.45, 2.75) is 0 Å². The highest BCUT2D eigenvalue weighted by Gasteiger charge is 2.15. The molecule has 0 aliphatic heterocycles. The molecule has 3 rings (SSSR count). The number of imidazole rings is 1. The number of halogens is 1. The monoisotopic (exact) mass is 297 g/mol. The molecular weight excluding hydrogens is 290 g/mol. The first-order chi connectivity index (χ1) is 7.70. The van der Waals surface area contributed by atoms with E-state index in [4.69, 9.17) is 0 Å². The third-order valence-electron chi connectivity index (χ3n) is 2.41. The molecule has 1 N–H and O–H groups in total. The lowest BCUT2D eigenvalue weighted by molar-refractivity contribution is 0.951. The molecule has 0 unspecified atom stereocenters. The molecule has 3 heterocycles. The predicted molar refractivity (Wildman–Crippen MR) is 68.9 cm³/mol. The number of aryl methyl sites for hydroxylation is 1. The van der Waals surface area contributed by atoms with Gasteiger partial charge in [0.05, 0.1) is 11.8 Å². The van der Waals surface area contributed by atoms with Crippen LogP contribution in [0.5, 0.6) is 0 Å². The van der Waals surface area contributed by atoms with Gasteiger partial charge in [-0.05, 0) is 15.9 Å². The van der Waals surface area contributed by atoms with Gasteiger partial charge < -0.3 is 9.88 Å². The Balaban J connectivity index is 2.59. The number of nitrogens with zero attached hydrogens (tertiary/aromatic N) is 4. The maximum absolute atomic E-state index is 4.44. The van der Waals surface area contributed by atoms with Crippen molar-refractivity contribution in [3.63, 3.8) is 0 Å². The average Bonchev–Trinajstić information content (AvgIpc) is 2.80. The first-order valence-electron chi connectivity index (χ1n) is 4.65. The van der Waals surface area contributed by atoms with Crippen LogP contribution in [0, 0.1) is 0 Å². The molecule has 0 aliphatic carbocycles. The van der Waals surface area contributed by atoms with Crippen molar-refractivity contribution < 1.29 is 0 Å². The Hall–Kier alpha value is -1.21. The first-order valence-corrected chi connectivity index (χ1v) is 6.26. The number of hydrogen-bond donors (Lipinski definition) is 1. The minimum absolute atomic E-state index is 0.748. The third kappa shape index (κ3) is 1.24.